The number of rotatable bonds is 1. The molecule has 1 saturated heterocycles. The standard InChI is InChI=1S/C17H18N4O3S/c22-16(14-6-3-4-9-18-14)21-10-8-17(12-21)11-19-13-5-1-2-7-15(13)25(23,24)20-17/h1-7,9H,8,10-12H2,(H2-,19,20,23,24). The van der Waals surface area contributed by atoms with Gasteiger partial charge in [-0.1, -0.05) is 22.4 Å². The molecule has 2 N–H and O–H groups in total. The number of fused-ring (bicyclic) bond motifs is 1. The number of benzene rings is 1. The summed E-state index contributed by atoms with van der Waals surface area (Å²) in [4.78, 5) is 18.6. The number of aromatic nitrogens is 1. The van der Waals surface area contributed by atoms with Gasteiger partial charge < -0.3 is 14.8 Å². The monoisotopic (exact) mass is 358 g/mol. The number of amides is 1. The minimum Gasteiger partial charge on any atom is -0.593 e. The van der Waals surface area contributed by atoms with Gasteiger partial charge in [-0.05, 0) is 30.7 Å². The van der Waals surface area contributed by atoms with E-state index in [9.17, 15) is 13.6 Å². The van der Waals surface area contributed by atoms with Crippen molar-refractivity contribution in [2.75, 3.05) is 25.0 Å². The number of anilines is 1. The first-order valence-corrected chi connectivity index (χ1v) is 9.55. The number of nitrogens with one attached hydrogen (secondary N) is 2. The molecule has 8 heteroatoms. The molecule has 2 aliphatic heterocycles. The first-order chi connectivity index (χ1) is 12.0. The summed E-state index contributed by atoms with van der Waals surface area (Å²) in [6.07, 6.45) is 2.12. The molecule has 1 spiro atoms. The van der Waals surface area contributed by atoms with Gasteiger partial charge in [0, 0.05) is 25.8 Å². The molecule has 0 bridgehead atoms. The predicted octanol–water partition coefficient (Wildman–Crippen LogP) is 1.29. The Balaban J connectivity index is 1.59. The minimum absolute atomic E-state index is 0.182. The molecule has 0 radical (unpaired) electrons. The fraction of sp³-hybridized carbons (Fsp3) is 0.294. The van der Waals surface area contributed by atoms with Gasteiger partial charge in [-0.3, -0.25) is 9.78 Å². The normalized spacial score (nSPS) is 28.3. The molecule has 2 atom stereocenters. The topological polar surface area (TPSA) is 97.4 Å². The molecule has 0 saturated carbocycles. The fourth-order valence-electron chi connectivity index (χ4n) is 3.41. The maximum Gasteiger partial charge on any atom is 0.272 e. The Morgan fingerprint density at radius 3 is 2.84 bits per heavy atom. The van der Waals surface area contributed by atoms with Crippen molar-refractivity contribution in [3.8, 4) is 0 Å². The predicted molar refractivity (Wildman–Crippen MR) is 92.7 cm³/mol. The molecule has 1 aromatic carbocycles. The number of nitrogens with zero attached hydrogens (tertiary/aromatic N) is 2. The van der Waals surface area contributed by atoms with Crippen LogP contribution in [0.25, 0.3) is 0 Å². The average molecular weight is 358 g/mol. The van der Waals surface area contributed by atoms with Crippen LogP contribution in [-0.2, 0) is 14.6 Å². The van der Waals surface area contributed by atoms with Crippen LogP contribution >= 0.6 is 0 Å². The quantitative estimate of drug-likeness (QED) is 0.749. The van der Waals surface area contributed by atoms with Crippen LogP contribution in [0.1, 0.15) is 16.9 Å². The summed E-state index contributed by atoms with van der Waals surface area (Å²) in [5.41, 5.74) is 0.233. The van der Waals surface area contributed by atoms with Gasteiger partial charge >= 0.3 is 0 Å². The highest BCUT2D eigenvalue weighted by molar-refractivity contribution is 7.96. The van der Waals surface area contributed by atoms with Gasteiger partial charge in [0.25, 0.3) is 5.91 Å². The van der Waals surface area contributed by atoms with E-state index >= 15 is 0 Å². The molecule has 2 aromatic rings. The van der Waals surface area contributed by atoms with Crippen molar-refractivity contribution in [1.29, 1.82) is 0 Å². The number of para-hydroxylation sites is 1. The molecule has 2 unspecified atom stereocenters. The second-order valence-corrected chi connectivity index (χ2v) is 8.08. The summed E-state index contributed by atoms with van der Waals surface area (Å²) in [5, 5.41) is 3.22. The van der Waals surface area contributed by atoms with Crippen LogP contribution in [0.5, 0.6) is 0 Å². The lowest BCUT2D eigenvalue weighted by molar-refractivity contribution is 0.0777. The second-order valence-electron chi connectivity index (χ2n) is 6.43. The highest BCUT2D eigenvalue weighted by Crippen LogP contribution is 2.33. The first kappa shape index (κ1) is 16.2. The van der Waals surface area contributed by atoms with Crippen LogP contribution in [0.3, 0.4) is 0 Å². The van der Waals surface area contributed by atoms with Gasteiger partial charge in [0.1, 0.15) is 5.69 Å². The summed E-state index contributed by atoms with van der Waals surface area (Å²) in [7, 11) is -3.65. The molecule has 0 aliphatic carbocycles. The van der Waals surface area contributed by atoms with Crippen LogP contribution in [-0.4, -0.2) is 45.5 Å². The maximum atomic E-state index is 12.7. The van der Waals surface area contributed by atoms with Crippen molar-refractivity contribution in [2.45, 2.75) is 16.9 Å². The van der Waals surface area contributed by atoms with Gasteiger partial charge in [-0.25, -0.2) is 0 Å². The molecular weight excluding hydrogens is 340 g/mol. The van der Waals surface area contributed by atoms with Crippen LogP contribution in [0.2, 0.25) is 0 Å². The number of likely N-dealkylation sites (tertiary alicyclic amines) is 1. The summed E-state index contributed by atoms with van der Waals surface area (Å²) < 4.78 is 28.3. The SMILES string of the molecule is O=C(c1ccccn1)N1CCC2(CNc3ccccc3[S+](=O)([O-])N2)C1. The second kappa shape index (κ2) is 5.91. The summed E-state index contributed by atoms with van der Waals surface area (Å²) in [5.74, 6) is -0.182. The van der Waals surface area contributed by atoms with Crippen LogP contribution < -0.4 is 10.0 Å². The molecule has 1 aromatic heterocycles. The number of sulfonamides is 1. The zero-order chi connectivity index (χ0) is 17.5. The van der Waals surface area contributed by atoms with E-state index in [-0.39, 0.29) is 10.8 Å². The molecule has 4 rings (SSSR count). The van der Waals surface area contributed by atoms with E-state index in [1.165, 1.54) is 0 Å². The largest absolute Gasteiger partial charge is 0.593 e. The fourth-order valence-corrected chi connectivity index (χ4v) is 5.02. The van der Waals surface area contributed by atoms with Crippen molar-refractivity contribution < 1.29 is 13.6 Å². The number of carbonyl (C=O) groups excluding carboxylic acids is 1. The Morgan fingerprint density at radius 1 is 1.24 bits per heavy atom. The number of pyridine rings is 1. The van der Waals surface area contributed by atoms with Crippen LogP contribution in [0.4, 0.5) is 5.69 Å². The molecule has 1 fully saturated rings. The Bertz CT molecular complexity index is 860. The minimum atomic E-state index is -3.65. The zero-order valence-electron chi connectivity index (χ0n) is 13.5. The Kier molecular flexibility index (Phi) is 3.82. The van der Waals surface area contributed by atoms with E-state index in [0.717, 1.165) is 0 Å². The van der Waals surface area contributed by atoms with Gasteiger partial charge in [0.05, 0.1) is 11.2 Å². The highest BCUT2D eigenvalue weighted by atomic mass is 32.3. The zero-order valence-corrected chi connectivity index (χ0v) is 14.3. The van der Waals surface area contributed by atoms with Crippen molar-refractivity contribution in [3.05, 3.63) is 54.4 Å². The lowest BCUT2D eigenvalue weighted by Crippen LogP contribution is -2.55. The van der Waals surface area contributed by atoms with Crippen molar-refractivity contribution >= 4 is 22.0 Å². The highest BCUT2D eigenvalue weighted by Gasteiger charge is 2.48. The lowest BCUT2D eigenvalue weighted by Gasteiger charge is -2.29. The van der Waals surface area contributed by atoms with E-state index in [4.69, 9.17) is 0 Å². The van der Waals surface area contributed by atoms with Crippen molar-refractivity contribution in [3.63, 3.8) is 0 Å². The number of carbonyl (C=O) groups is 1. The van der Waals surface area contributed by atoms with Crippen molar-refractivity contribution in [2.24, 2.45) is 0 Å². The molecule has 2 aliphatic rings. The summed E-state index contributed by atoms with van der Waals surface area (Å²) >= 11 is 0. The molecular formula is C17H18N4O3S. The Morgan fingerprint density at radius 2 is 2.04 bits per heavy atom. The third kappa shape index (κ3) is 2.92. The van der Waals surface area contributed by atoms with E-state index < -0.39 is 15.9 Å². The first-order valence-electron chi connectivity index (χ1n) is 8.06. The van der Waals surface area contributed by atoms with Gasteiger partial charge in [-0.2, -0.15) is 0 Å². The van der Waals surface area contributed by atoms with E-state index in [2.05, 4.69) is 15.0 Å². The lowest BCUT2D eigenvalue weighted by atomic mass is 10.00. The number of hydrogen-bond donors (Lipinski definition) is 2. The smallest absolute Gasteiger partial charge is 0.272 e. The molecule has 7 nitrogen and oxygen atoms in total. The number of hydrogen-bond acceptors (Lipinski definition) is 5. The Hall–Kier alpha value is -2.29. The maximum absolute atomic E-state index is 12.7. The average Bonchev–Trinajstić information content (AvgIpc) is 2.99. The van der Waals surface area contributed by atoms with Gasteiger partial charge in [-0.15, -0.1) is 4.72 Å². The summed E-state index contributed by atoms with van der Waals surface area (Å²) in [6.45, 7) is 1.22. The molecule has 25 heavy (non-hydrogen) atoms. The molecule has 3 heterocycles. The summed E-state index contributed by atoms with van der Waals surface area (Å²) in [6, 6.07) is 12.0. The van der Waals surface area contributed by atoms with E-state index in [0.29, 0.717) is 37.4 Å². The Labute approximate surface area is 146 Å². The van der Waals surface area contributed by atoms with Crippen LogP contribution in [0.15, 0.2) is 53.6 Å². The van der Waals surface area contributed by atoms with Gasteiger partial charge in [0.2, 0.25) is 0 Å². The van der Waals surface area contributed by atoms with Crippen LogP contribution in [0, 0.1) is 0 Å². The van der Waals surface area contributed by atoms with E-state index in [1.807, 2.05) is 0 Å². The molecule has 1 amide bonds. The molecule has 130 valence electrons. The van der Waals surface area contributed by atoms with Crippen molar-refractivity contribution in [1.82, 2.24) is 14.6 Å². The third-order valence-electron chi connectivity index (χ3n) is 4.67. The van der Waals surface area contributed by atoms with E-state index in [1.54, 1.807) is 53.6 Å². The van der Waals surface area contributed by atoms with Gasteiger partial charge in [0.15, 0.2) is 15.3 Å². The third-order valence-corrected chi connectivity index (χ3v) is 6.31.